The lowest BCUT2D eigenvalue weighted by Gasteiger charge is -1.95. The van der Waals surface area contributed by atoms with E-state index in [2.05, 4.69) is 21.7 Å². The first-order valence-corrected chi connectivity index (χ1v) is 6.65. The second kappa shape index (κ2) is 5.77. The number of nitrogens with zero attached hydrogens (tertiary/aromatic N) is 3. The fourth-order valence-corrected chi connectivity index (χ4v) is 2.36. The smallest absolute Gasteiger partial charge is 0.311 e. The maximum atomic E-state index is 11.1. The molecule has 0 N–H and O–H groups in total. The predicted molar refractivity (Wildman–Crippen MR) is 69.3 cm³/mol. The van der Waals surface area contributed by atoms with Gasteiger partial charge >= 0.3 is 5.97 Å². The molecule has 0 saturated heterocycles. The Balaban J connectivity index is 2.10. The van der Waals surface area contributed by atoms with Crippen LogP contribution in [-0.4, -0.2) is 27.8 Å². The number of aryl methyl sites for hydroxylation is 1. The lowest BCUT2D eigenvalue weighted by atomic mass is 10.3. The van der Waals surface area contributed by atoms with Crippen molar-refractivity contribution in [3.63, 3.8) is 0 Å². The molecule has 0 unspecified atom stereocenters. The molecule has 18 heavy (non-hydrogen) atoms. The molecule has 0 spiro atoms. The van der Waals surface area contributed by atoms with E-state index < -0.39 is 0 Å². The number of hydrogen-bond acceptors (Lipinski definition) is 5. The molecule has 2 heterocycles. The number of hydrogen-bond donors (Lipinski definition) is 0. The van der Waals surface area contributed by atoms with E-state index in [1.807, 2.05) is 16.3 Å². The van der Waals surface area contributed by atoms with E-state index in [0.29, 0.717) is 0 Å². The van der Waals surface area contributed by atoms with Gasteiger partial charge in [0.15, 0.2) is 0 Å². The van der Waals surface area contributed by atoms with Crippen molar-refractivity contribution in [2.75, 3.05) is 7.11 Å². The Hall–Kier alpha value is -1.69. The second-order valence-corrected chi connectivity index (χ2v) is 4.75. The van der Waals surface area contributed by atoms with Gasteiger partial charge in [-0.1, -0.05) is 6.92 Å². The van der Waals surface area contributed by atoms with Crippen LogP contribution in [0.4, 0.5) is 0 Å². The molecule has 2 rings (SSSR count). The topological polar surface area (TPSA) is 57.0 Å². The zero-order valence-corrected chi connectivity index (χ0v) is 11.2. The Kier molecular flexibility index (Phi) is 4.09. The average molecular weight is 265 g/mol. The zero-order chi connectivity index (χ0) is 13.0. The molecule has 0 radical (unpaired) electrons. The molecule has 0 saturated carbocycles. The highest BCUT2D eigenvalue weighted by Gasteiger charge is 2.10. The van der Waals surface area contributed by atoms with Crippen molar-refractivity contribution in [3.8, 4) is 10.6 Å². The van der Waals surface area contributed by atoms with Crippen molar-refractivity contribution in [2.24, 2.45) is 0 Å². The summed E-state index contributed by atoms with van der Waals surface area (Å²) in [5, 5.41) is 7.02. The quantitative estimate of drug-likeness (QED) is 0.777. The molecule has 5 nitrogen and oxygen atoms in total. The Morgan fingerprint density at radius 2 is 2.39 bits per heavy atom. The van der Waals surface area contributed by atoms with Gasteiger partial charge in [0.2, 0.25) is 0 Å². The fourth-order valence-electron chi connectivity index (χ4n) is 1.57. The summed E-state index contributed by atoms with van der Waals surface area (Å²) in [5.41, 5.74) is 1.73. The standard InChI is InChI=1S/C12H15N3O2S/c1-3-4-15-7-9(6-13-15)12-14-10(8-18-12)5-11(16)17-2/h6-8H,3-5H2,1-2H3. The molecule has 2 aromatic rings. The van der Waals surface area contributed by atoms with E-state index in [1.54, 1.807) is 6.20 Å². The molecule has 6 heteroatoms. The molecular weight excluding hydrogens is 250 g/mol. The van der Waals surface area contributed by atoms with E-state index in [9.17, 15) is 4.79 Å². The van der Waals surface area contributed by atoms with Crippen LogP contribution in [0, 0.1) is 0 Å². The largest absolute Gasteiger partial charge is 0.469 e. The summed E-state index contributed by atoms with van der Waals surface area (Å²) in [6.45, 7) is 3.01. The second-order valence-electron chi connectivity index (χ2n) is 3.89. The minimum atomic E-state index is -0.270. The normalized spacial score (nSPS) is 10.6. The first-order valence-electron chi connectivity index (χ1n) is 5.77. The lowest BCUT2D eigenvalue weighted by Crippen LogP contribution is -2.04. The van der Waals surface area contributed by atoms with Crippen molar-refractivity contribution in [2.45, 2.75) is 26.3 Å². The van der Waals surface area contributed by atoms with Crippen LogP contribution in [-0.2, 0) is 22.5 Å². The molecule has 96 valence electrons. The molecule has 0 amide bonds. The first-order chi connectivity index (χ1) is 8.72. The molecular formula is C12H15N3O2S. The molecule has 0 atom stereocenters. The van der Waals surface area contributed by atoms with Crippen molar-refractivity contribution in [1.29, 1.82) is 0 Å². The molecule has 0 aliphatic carbocycles. The molecule has 0 fully saturated rings. The summed E-state index contributed by atoms with van der Waals surface area (Å²) < 4.78 is 6.51. The van der Waals surface area contributed by atoms with E-state index in [1.165, 1.54) is 18.4 Å². The third-order valence-corrected chi connectivity index (χ3v) is 3.38. The number of rotatable bonds is 5. The minimum absolute atomic E-state index is 0.218. The van der Waals surface area contributed by atoms with Gasteiger partial charge in [-0.2, -0.15) is 5.10 Å². The van der Waals surface area contributed by atoms with Gasteiger partial charge < -0.3 is 4.74 Å². The van der Waals surface area contributed by atoms with Gasteiger partial charge in [0.1, 0.15) is 5.01 Å². The van der Waals surface area contributed by atoms with Gasteiger partial charge in [0, 0.05) is 23.7 Å². The van der Waals surface area contributed by atoms with Gasteiger partial charge in [0.25, 0.3) is 0 Å². The molecule has 0 bridgehead atoms. The Morgan fingerprint density at radius 1 is 1.56 bits per heavy atom. The summed E-state index contributed by atoms with van der Waals surface area (Å²) in [4.78, 5) is 15.5. The molecule has 0 aliphatic rings. The van der Waals surface area contributed by atoms with Gasteiger partial charge in [0.05, 0.1) is 25.4 Å². The molecule has 0 aromatic carbocycles. The maximum Gasteiger partial charge on any atom is 0.311 e. The van der Waals surface area contributed by atoms with Crippen LogP contribution >= 0.6 is 11.3 Å². The Bertz CT molecular complexity index is 533. The fraction of sp³-hybridized carbons (Fsp3) is 0.417. The van der Waals surface area contributed by atoms with Crippen molar-refractivity contribution >= 4 is 17.3 Å². The first kappa shape index (κ1) is 12.8. The van der Waals surface area contributed by atoms with Crippen LogP contribution in [0.25, 0.3) is 10.6 Å². The summed E-state index contributed by atoms with van der Waals surface area (Å²) in [5.74, 6) is -0.270. The summed E-state index contributed by atoms with van der Waals surface area (Å²) in [6.07, 6.45) is 5.04. The van der Waals surface area contributed by atoms with Crippen LogP contribution in [0.15, 0.2) is 17.8 Å². The average Bonchev–Trinajstić information content (AvgIpc) is 2.98. The van der Waals surface area contributed by atoms with Crippen LogP contribution in [0.2, 0.25) is 0 Å². The summed E-state index contributed by atoms with van der Waals surface area (Å²) in [7, 11) is 1.38. The van der Waals surface area contributed by atoms with Crippen molar-refractivity contribution < 1.29 is 9.53 Å². The van der Waals surface area contributed by atoms with Crippen LogP contribution in [0.5, 0.6) is 0 Å². The number of thiazole rings is 1. The maximum absolute atomic E-state index is 11.1. The third-order valence-electron chi connectivity index (χ3n) is 2.44. The SMILES string of the molecule is CCCn1cc(-c2nc(CC(=O)OC)cs2)cn1. The summed E-state index contributed by atoms with van der Waals surface area (Å²) >= 11 is 1.51. The van der Waals surface area contributed by atoms with Gasteiger partial charge in [-0.25, -0.2) is 4.98 Å². The molecule has 2 aromatic heterocycles. The highest BCUT2D eigenvalue weighted by molar-refractivity contribution is 7.13. The van der Waals surface area contributed by atoms with E-state index >= 15 is 0 Å². The van der Waals surface area contributed by atoms with Gasteiger partial charge in [-0.05, 0) is 6.42 Å². The highest BCUT2D eigenvalue weighted by Crippen LogP contribution is 2.23. The van der Waals surface area contributed by atoms with Crippen LogP contribution in [0.3, 0.4) is 0 Å². The Labute approximate surface area is 109 Å². The highest BCUT2D eigenvalue weighted by atomic mass is 32.1. The number of methoxy groups -OCH3 is 1. The number of ether oxygens (including phenoxy) is 1. The van der Waals surface area contributed by atoms with Crippen molar-refractivity contribution in [3.05, 3.63) is 23.5 Å². The zero-order valence-electron chi connectivity index (χ0n) is 10.4. The predicted octanol–water partition coefficient (Wildman–Crippen LogP) is 2.13. The van der Waals surface area contributed by atoms with Crippen molar-refractivity contribution in [1.82, 2.24) is 14.8 Å². The van der Waals surface area contributed by atoms with Gasteiger partial charge in [-0.15, -0.1) is 11.3 Å². The molecule has 0 aliphatic heterocycles. The minimum Gasteiger partial charge on any atom is -0.469 e. The number of aromatic nitrogens is 3. The van der Waals surface area contributed by atoms with Crippen LogP contribution < -0.4 is 0 Å². The summed E-state index contributed by atoms with van der Waals surface area (Å²) in [6, 6.07) is 0. The number of esters is 1. The Morgan fingerprint density at radius 3 is 3.11 bits per heavy atom. The van der Waals surface area contributed by atoms with E-state index in [-0.39, 0.29) is 12.4 Å². The monoisotopic (exact) mass is 265 g/mol. The third kappa shape index (κ3) is 2.95. The lowest BCUT2D eigenvalue weighted by molar-refractivity contribution is -0.139. The van der Waals surface area contributed by atoms with E-state index in [4.69, 9.17) is 0 Å². The van der Waals surface area contributed by atoms with Crippen LogP contribution in [0.1, 0.15) is 19.0 Å². The van der Waals surface area contributed by atoms with Gasteiger partial charge in [-0.3, -0.25) is 9.48 Å². The van der Waals surface area contributed by atoms with E-state index in [0.717, 1.165) is 29.2 Å². The number of carbonyl (C=O) groups excluding carboxylic acids is 1. The number of carbonyl (C=O) groups is 1.